The van der Waals surface area contributed by atoms with Crippen LogP contribution in [0, 0.1) is 11.3 Å². The van der Waals surface area contributed by atoms with E-state index in [0.29, 0.717) is 42.6 Å². The standard InChI is InChI=1S/C22H25Cl2N7O/c23-4-6-30(7-5-24)20-3-1-2-18(12-20)27-21-13-19(16-29-8-10-32-11-9-29)28-22-17(14-25)15-26-31(21)22/h1-3,12-13,15,27H,4-11,16H2. The molecule has 3 aromatic rings. The molecule has 8 nitrogen and oxygen atoms in total. The van der Waals surface area contributed by atoms with Gasteiger partial charge in [0.25, 0.3) is 0 Å². The largest absolute Gasteiger partial charge is 0.379 e. The molecule has 1 saturated heterocycles. The summed E-state index contributed by atoms with van der Waals surface area (Å²) in [4.78, 5) is 9.16. The minimum Gasteiger partial charge on any atom is -0.379 e. The fraction of sp³-hybridized carbons (Fsp3) is 0.409. The van der Waals surface area contributed by atoms with Crippen LogP contribution in [0.25, 0.3) is 5.65 Å². The second kappa shape index (κ2) is 10.8. The third-order valence-corrected chi connectivity index (χ3v) is 5.67. The van der Waals surface area contributed by atoms with Crippen molar-refractivity contribution in [2.45, 2.75) is 6.54 Å². The normalized spacial score (nSPS) is 14.4. The number of rotatable bonds is 9. The van der Waals surface area contributed by atoms with Crippen molar-refractivity contribution in [1.29, 1.82) is 5.26 Å². The van der Waals surface area contributed by atoms with Gasteiger partial charge in [-0.05, 0) is 18.2 Å². The van der Waals surface area contributed by atoms with Gasteiger partial charge in [0.05, 0.1) is 25.1 Å². The SMILES string of the molecule is N#Cc1cnn2c(Nc3cccc(N(CCCl)CCCl)c3)cc(CN3CCOCC3)nc12. The Balaban J connectivity index is 1.65. The zero-order valence-corrected chi connectivity index (χ0v) is 19.2. The zero-order valence-electron chi connectivity index (χ0n) is 17.7. The van der Waals surface area contributed by atoms with E-state index < -0.39 is 0 Å². The molecule has 0 atom stereocenters. The number of hydrogen-bond donors (Lipinski definition) is 1. The molecule has 4 rings (SSSR count). The highest BCUT2D eigenvalue weighted by Crippen LogP contribution is 2.25. The van der Waals surface area contributed by atoms with Gasteiger partial charge in [-0.1, -0.05) is 6.07 Å². The van der Waals surface area contributed by atoms with Gasteiger partial charge in [0.2, 0.25) is 0 Å². The summed E-state index contributed by atoms with van der Waals surface area (Å²) in [7, 11) is 0. The van der Waals surface area contributed by atoms with Gasteiger partial charge < -0.3 is 15.0 Å². The summed E-state index contributed by atoms with van der Waals surface area (Å²) < 4.78 is 7.12. The van der Waals surface area contributed by atoms with E-state index in [1.165, 1.54) is 0 Å². The third kappa shape index (κ3) is 5.25. The van der Waals surface area contributed by atoms with E-state index in [9.17, 15) is 5.26 Å². The molecular weight excluding hydrogens is 449 g/mol. The van der Waals surface area contributed by atoms with Crippen molar-refractivity contribution in [3.63, 3.8) is 0 Å². The van der Waals surface area contributed by atoms with E-state index in [0.717, 1.165) is 49.2 Å². The molecule has 1 aliphatic heterocycles. The number of nitrogens with one attached hydrogen (secondary N) is 1. The van der Waals surface area contributed by atoms with Gasteiger partial charge in [-0.15, -0.1) is 23.2 Å². The summed E-state index contributed by atoms with van der Waals surface area (Å²) in [6.45, 7) is 5.27. The lowest BCUT2D eigenvalue weighted by Gasteiger charge is -2.26. The predicted octanol–water partition coefficient (Wildman–Crippen LogP) is 3.46. The van der Waals surface area contributed by atoms with Gasteiger partial charge >= 0.3 is 0 Å². The van der Waals surface area contributed by atoms with E-state index >= 15 is 0 Å². The lowest BCUT2D eigenvalue weighted by molar-refractivity contribution is 0.0337. The molecule has 0 aliphatic carbocycles. The second-order valence-corrected chi connectivity index (χ2v) is 8.22. The number of benzene rings is 1. The highest BCUT2D eigenvalue weighted by atomic mass is 35.5. The summed E-state index contributed by atoms with van der Waals surface area (Å²) in [6, 6.07) is 12.2. The number of hydrogen-bond acceptors (Lipinski definition) is 7. The van der Waals surface area contributed by atoms with Crippen molar-refractivity contribution < 1.29 is 4.74 Å². The lowest BCUT2D eigenvalue weighted by Crippen LogP contribution is -2.35. The minimum absolute atomic E-state index is 0.445. The summed E-state index contributed by atoms with van der Waals surface area (Å²) in [5, 5.41) is 17.3. The van der Waals surface area contributed by atoms with Crippen LogP contribution in [0.5, 0.6) is 0 Å². The van der Waals surface area contributed by atoms with Gasteiger partial charge in [0.1, 0.15) is 17.5 Å². The molecule has 0 radical (unpaired) electrons. The van der Waals surface area contributed by atoms with Gasteiger partial charge in [-0.25, -0.2) is 4.98 Å². The van der Waals surface area contributed by atoms with Crippen molar-refractivity contribution in [3.05, 3.63) is 47.8 Å². The lowest BCUT2D eigenvalue weighted by atomic mass is 10.2. The van der Waals surface area contributed by atoms with Gasteiger partial charge in [-0.2, -0.15) is 14.9 Å². The fourth-order valence-electron chi connectivity index (χ4n) is 3.75. The fourth-order valence-corrected chi connectivity index (χ4v) is 4.16. The molecule has 0 amide bonds. The molecule has 3 heterocycles. The van der Waals surface area contributed by atoms with Crippen LogP contribution in [0.4, 0.5) is 17.2 Å². The summed E-state index contributed by atoms with van der Waals surface area (Å²) >= 11 is 11.9. The molecule has 168 valence electrons. The van der Waals surface area contributed by atoms with Crippen LogP contribution >= 0.6 is 23.2 Å². The first kappa shape index (κ1) is 22.6. The van der Waals surface area contributed by atoms with Crippen molar-refractivity contribution in [1.82, 2.24) is 19.5 Å². The first-order valence-corrected chi connectivity index (χ1v) is 11.6. The highest BCUT2D eigenvalue weighted by Gasteiger charge is 2.16. The Bertz CT molecular complexity index is 1090. The highest BCUT2D eigenvalue weighted by molar-refractivity contribution is 6.18. The molecule has 0 spiro atoms. The Morgan fingerprint density at radius 3 is 2.66 bits per heavy atom. The molecule has 32 heavy (non-hydrogen) atoms. The first-order chi connectivity index (χ1) is 15.7. The number of anilines is 3. The smallest absolute Gasteiger partial charge is 0.175 e. The number of morpholine rings is 1. The maximum Gasteiger partial charge on any atom is 0.175 e. The molecule has 1 aromatic carbocycles. The molecular formula is C22H25Cl2N7O. The van der Waals surface area contributed by atoms with Crippen LogP contribution in [0.2, 0.25) is 0 Å². The molecule has 1 N–H and O–H groups in total. The Morgan fingerprint density at radius 1 is 1.16 bits per heavy atom. The topological polar surface area (TPSA) is 81.7 Å². The number of nitrogens with zero attached hydrogens (tertiary/aromatic N) is 6. The Hall–Kier alpha value is -2.57. The summed E-state index contributed by atoms with van der Waals surface area (Å²) in [6.07, 6.45) is 1.55. The number of nitriles is 1. The van der Waals surface area contributed by atoms with Crippen LogP contribution < -0.4 is 10.2 Å². The van der Waals surface area contributed by atoms with Crippen LogP contribution in [-0.4, -0.2) is 70.7 Å². The number of halogens is 2. The van der Waals surface area contributed by atoms with Crippen LogP contribution in [0.3, 0.4) is 0 Å². The zero-order chi connectivity index (χ0) is 22.3. The second-order valence-electron chi connectivity index (χ2n) is 7.47. The number of aromatic nitrogens is 3. The van der Waals surface area contributed by atoms with Gasteiger partial charge in [0, 0.05) is 61.9 Å². The van der Waals surface area contributed by atoms with Crippen molar-refractivity contribution >= 4 is 46.0 Å². The van der Waals surface area contributed by atoms with Crippen molar-refractivity contribution in [2.75, 3.05) is 61.4 Å². The molecule has 2 aromatic heterocycles. The number of alkyl halides is 2. The molecule has 0 unspecified atom stereocenters. The Morgan fingerprint density at radius 2 is 1.94 bits per heavy atom. The van der Waals surface area contributed by atoms with E-state index in [1.54, 1.807) is 10.7 Å². The predicted molar refractivity (Wildman–Crippen MR) is 127 cm³/mol. The van der Waals surface area contributed by atoms with Crippen molar-refractivity contribution in [2.24, 2.45) is 0 Å². The first-order valence-electron chi connectivity index (χ1n) is 10.5. The average molecular weight is 474 g/mol. The summed E-state index contributed by atoms with van der Waals surface area (Å²) in [5.41, 5.74) is 3.80. The van der Waals surface area contributed by atoms with Crippen LogP contribution in [0.1, 0.15) is 11.3 Å². The maximum atomic E-state index is 9.50. The summed E-state index contributed by atoms with van der Waals surface area (Å²) in [5.74, 6) is 1.79. The quantitative estimate of drug-likeness (QED) is 0.476. The monoisotopic (exact) mass is 473 g/mol. The van der Waals surface area contributed by atoms with E-state index in [4.69, 9.17) is 32.9 Å². The van der Waals surface area contributed by atoms with E-state index in [2.05, 4.69) is 32.4 Å². The Kier molecular flexibility index (Phi) is 7.66. The van der Waals surface area contributed by atoms with Gasteiger partial charge in [0.15, 0.2) is 5.65 Å². The van der Waals surface area contributed by atoms with E-state index in [1.807, 2.05) is 24.3 Å². The van der Waals surface area contributed by atoms with Crippen LogP contribution in [0.15, 0.2) is 36.5 Å². The Labute approximate surface area is 197 Å². The van der Waals surface area contributed by atoms with Gasteiger partial charge in [-0.3, -0.25) is 4.90 Å². The number of ether oxygens (including phenoxy) is 1. The number of fused-ring (bicyclic) bond motifs is 1. The molecule has 0 bridgehead atoms. The van der Waals surface area contributed by atoms with Crippen molar-refractivity contribution in [3.8, 4) is 6.07 Å². The molecule has 1 fully saturated rings. The molecule has 10 heteroatoms. The third-order valence-electron chi connectivity index (χ3n) is 5.33. The average Bonchev–Trinajstić information content (AvgIpc) is 3.23. The maximum absolute atomic E-state index is 9.50. The molecule has 1 aliphatic rings. The van der Waals surface area contributed by atoms with Crippen LogP contribution in [-0.2, 0) is 11.3 Å². The minimum atomic E-state index is 0.445. The van der Waals surface area contributed by atoms with E-state index in [-0.39, 0.29) is 0 Å². The molecule has 0 saturated carbocycles.